The van der Waals surface area contributed by atoms with E-state index in [4.69, 9.17) is 9.84 Å². The highest BCUT2D eigenvalue weighted by Crippen LogP contribution is 1.77. The average Bonchev–Trinajstić information content (AvgIpc) is 2.14. The molecule has 0 unspecified atom stereocenters. The molecule has 0 heterocycles. The Labute approximate surface area is 82.7 Å². The van der Waals surface area contributed by atoms with E-state index in [9.17, 15) is 9.59 Å². The SMILES string of the molecule is CC(=O)/C=C\C(=O)NCCOCCO. The lowest BCUT2D eigenvalue weighted by Crippen LogP contribution is -2.25. The predicted octanol–water partition coefficient (Wildman–Crippen LogP) is -0.743. The summed E-state index contributed by atoms with van der Waals surface area (Å²) >= 11 is 0. The van der Waals surface area contributed by atoms with Crippen LogP contribution in [0.5, 0.6) is 0 Å². The zero-order valence-electron chi connectivity index (χ0n) is 8.16. The quantitative estimate of drug-likeness (QED) is 0.420. The van der Waals surface area contributed by atoms with Gasteiger partial charge in [-0.3, -0.25) is 9.59 Å². The van der Waals surface area contributed by atoms with Gasteiger partial charge in [-0.05, 0) is 13.0 Å². The molecular formula is C9H15NO4. The molecule has 80 valence electrons. The molecule has 0 fully saturated rings. The van der Waals surface area contributed by atoms with E-state index >= 15 is 0 Å². The van der Waals surface area contributed by atoms with Crippen molar-refractivity contribution in [2.45, 2.75) is 6.92 Å². The third-order valence-corrected chi connectivity index (χ3v) is 1.25. The Balaban J connectivity index is 3.40. The Morgan fingerprint density at radius 1 is 1.36 bits per heavy atom. The minimum Gasteiger partial charge on any atom is -0.394 e. The van der Waals surface area contributed by atoms with Gasteiger partial charge in [0.15, 0.2) is 5.78 Å². The second kappa shape index (κ2) is 8.40. The number of aliphatic hydroxyl groups excluding tert-OH is 1. The fourth-order valence-electron chi connectivity index (χ4n) is 0.665. The van der Waals surface area contributed by atoms with Crippen molar-refractivity contribution in [3.05, 3.63) is 12.2 Å². The normalized spacial score (nSPS) is 10.4. The number of ether oxygens (including phenoxy) is 1. The Bertz CT molecular complexity index is 213. The van der Waals surface area contributed by atoms with Gasteiger partial charge >= 0.3 is 0 Å². The van der Waals surface area contributed by atoms with E-state index in [1.807, 2.05) is 0 Å². The number of carbonyl (C=O) groups excluding carboxylic acids is 2. The van der Waals surface area contributed by atoms with Gasteiger partial charge < -0.3 is 15.2 Å². The highest BCUT2D eigenvalue weighted by atomic mass is 16.5. The van der Waals surface area contributed by atoms with Gasteiger partial charge in [-0.25, -0.2) is 0 Å². The first-order valence-corrected chi connectivity index (χ1v) is 4.32. The van der Waals surface area contributed by atoms with Crippen molar-refractivity contribution in [2.75, 3.05) is 26.4 Å². The van der Waals surface area contributed by atoms with Crippen molar-refractivity contribution in [1.29, 1.82) is 0 Å². The van der Waals surface area contributed by atoms with Gasteiger partial charge in [-0.1, -0.05) is 0 Å². The van der Waals surface area contributed by atoms with Gasteiger partial charge in [0.05, 0.1) is 19.8 Å². The Morgan fingerprint density at radius 3 is 2.64 bits per heavy atom. The number of rotatable bonds is 7. The summed E-state index contributed by atoms with van der Waals surface area (Å²) in [5.41, 5.74) is 0. The van der Waals surface area contributed by atoms with E-state index in [2.05, 4.69) is 5.32 Å². The molecule has 0 bridgehead atoms. The monoisotopic (exact) mass is 201 g/mol. The average molecular weight is 201 g/mol. The molecule has 0 atom stereocenters. The fraction of sp³-hybridized carbons (Fsp3) is 0.556. The molecule has 5 nitrogen and oxygen atoms in total. The van der Waals surface area contributed by atoms with Crippen LogP contribution in [0.4, 0.5) is 0 Å². The molecule has 0 aromatic rings. The van der Waals surface area contributed by atoms with E-state index in [0.717, 1.165) is 0 Å². The van der Waals surface area contributed by atoms with E-state index in [0.29, 0.717) is 13.2 Å². The molecule has 0 aliphatic rings. The molecule has 0 aromatic carbocycles. The number of nitrogens with one attached hydrogen (secondary N) is 1. The van der Waals surface area contributed by atoms with Crippen molar-refractivity contribution in [1.82, 2.24) is 5.32 Å². The molecule has 0 saturated heterocycles. The second-order valence-corrected chi connectivity index (χ2v) is 2.57. The molecule has 2 N–H and O–H groups in total. The summed E-state index contributed by atoms with van der Waals surface area (Å²) in [7, 11) is 0. The van der Waals surface area contributed by atoms with E-state index in [1.165, 1.54) is 19.1 Å². The topological polar surface area (TPSA) is 75.6 Å². The van der Waals surface area contributed by atoms with Crippen molar-refractivity contribution in [3.63, 3.8) is 0 Å². The molecule has 0 aromatic heterocycles. The zero-order chi connectivity index (χ0) is 10.8. The van der Waals surface area contributed by atoms with E-state index in [1.54, 1.807) is 0 Å². The number of carbonyl (C=O) groups is 2. The predicted molar refractivity (Wildman–Crippen MR) is 50.7 cm³/mol. The number of amides is 1. The van der Waals surface area contributed by atoms with E-state index < -0.39 is 0 Å². The molecule has 5 heteroatoms. The van der Waals surface area contributed by atoms with Crippen LogP contribution in [0.25, 0.3) is 0 Å². The number of ketones is 1. The molecule has 0 aliphatic carbocycles. The summed E-state index contributed by atoms with van der Waals surface area (Å²) in [6.07, 6.45) is 2.37. The molecule has 14 heavy (non-hydrogen) atoms. The van der Waals surface area contributed by atoms with Crippen LogP contribution in [0.2, 0.25) is 0 Å². The molecule has 0 spiro atoms. The maximum atomic E-state index is 10.9. The lowest BCUT2D eigenvalue weighted by atomic mass is 10.4. The summed E-state index contributed by atoms with van der Waals surface area (Å²) in [5, 5.41) is 10.9. The zero-order valence-corrected chi connectivity index (χ0v) is 8.16. The van der Waals surface area contributed by atoms with Crippen LogP contribution in [0.15, 0.2) is 12.2 Å². The van der Waals surface area contributed by atoms with Crippen molar-refractivity contribution >= 4 is 11.7 Å². The lowest BCUT2D eigenvalue weighted by Gasteiger charge is -2.02. The molecular weight excluding hydrogens is 186 g/mol. The largest absolute Gasteiger partial charge is 0.394 e. The molecule has 0 radical (unpaired) electrons. The molecule has 0 saturated carbocycles. The first-order valence-electron chi connectivity index (χ1n) is 4.32. The number of hydrogen-bond donors (Lipinski definition) is 2. The summed E-state index contributed by atoms with van der Waals surface area (Å²) in [5.74, 6) is -0.496. The summed E-state index contributed by atoms with van der Waals surface area (Å²) in [6.45, 7) is 2.31. The van der Waals surface area contributed by atoms with Crippen LogP contribution in [0, 0.1) is 0 Å². The standard InChI is InChI=1S/C9H15NO4/c1-8(12)2-3-9(13)10-4-6-14-7-5-11/h2-3,11H,4-7H2,1H3,(H,10,13)/b3-2-. The maximum absolute atomic E-state index is 10.9. The first-order chi connectivity index (χ1) is 6.66. The second-order valence-electron chi connectivity index (χ2n) is 2.57. The van der Waals surface area contributed by atoms with Crippen LogP contribution in [0.3, 0.4) is 0 Å². The number of allylic oxidation sites excluding steroid dienone is 1. The third kappa shape index (κ3) is 8.89. The van der Waals surface area contributed by atoms with Crippen molar-refractivity contribution < 1.29 is 19.4 Å². The Morgan fingerprint density at radius 2 is 2.07 bits per heavy atom. The van der Waals surface area contributed by atoms with Crippen LogP contribution < -0.4 is 5.32 Å². The Kier molecular flexibility index (Phi) is 7.68. The third-order valence-electron chi connectivity index (χ3n) is 1.25. The fourth-order valence-corrected chi connectivity index (χ4v) is 0.665. The highest BCUT2D eigenvalue weighted by molar-refractivity contribution is 5.96. The number of hydrogen-bond acceptors (Lipinski definition) is 4. The smallest absolute Gasteiger partial charge is 0.244 e. The molecule has 1 amide bonds. The minimum atomic E-state index is -0.326. The van der Waals surface area contributed by atoms with Gasteiger partial charge in [-0.2, -0.15) is 0 Å². The van der Waals surface area contributed by atoms with Crippen molar-refractivity contribution in [3.8, 4) is 0 Å². The van der Waals surface area contributed by atoms with Crippen LogP contribution in [-0.4, -0.2) is 43.2 Å². The van der Waals surface area contributed by atoms with Crippen LogP contribution in [-0.2, 0) is 14.3 Å². The van der Waals surface area contributed by atoms with Gasteiger partial charge in [0.25, 0.3) is 0 Å². The summed E-state index contributed by atoms with van der Waals surface area (Å²) in [6, 6.07) is 0. The van der Waals surface area contributed by atoms with E-state index in [-0.39, 0.29) is 24.9 Å². The van der Waals surface area contributed by atoms with Crippen LogP contribution in [0.1, 0.15) is 6.92 Å². The Hall–Kier alpha value is -1.20. The highest BCUT2D eigenvalue weighted by Gasteiger charge is 1.94. The van der Waals surface area contributed by atoms with Gasteiger partial charge in [-0.15, -0.1) is 0 Å². The summed E-state index contributed by atoms with van der Waals surface area (Å²) in [4.78, 5) is 21.4. The summed E-state index contributed by atoms with van der Waals surface area (Å²) < 4.78 is 4.90. The molecule has 0 rings (SSSR count). The maximum Gasteiger partial charge on any atom is 0.244 e. The minimum absolute atomic E-state index is 0.0296. The first kappa shape index (κ1) is 12.8. The lowest BCUT2D eigenvalue weighted by molar-refractivity contribution is -0.117. The van der Waals surface area contributed by atoms with Gasteiger partial charge in [0.1, 0.15) is 0 Å². The molecule has 0 aliphatic heterocycles. The number of aliphatic hydroxyl groups is 1. The van der Waals surface area contributed by atoms with Gasteiger partial charge in [0.2, 0.25) is 5.91 Å². The van der Waals surface area contributed by atoms with Crippen LogP contribution >= 0.6 is 0 Å². The van der Waals surface area contributed by atoms with Crippen molar-refractivity contribution in [2.24, 2.45) is 0 Å². The van der Waals surface area contributed by atoms with Gasteiger partial charge in [0, 0.05) is 12.6 Å².